The quantitative estimate of drug-likeness (QED) is 0.644. The molecule has 0 unspecified atom stereocenters. The predicted octanol–water partition coefficient (Wildman–Crippen LogP) is 1.32. The number of thioether (sulfide) groups is 1. The van der Waals surface area contributed by atoms with Crippen LogP contribution in [0.1, 0.15) is 25.3 Å². The van der Waals surface area contributed by atoms with Crippen molar-refractivity contribution in [2.24, 2.45) is 0 Å². The first-order valence-corrected chi connectivity index (χ1v) is 8.26. The van der Waals surface area contributed by atoms with Crippen LogP contribution in [0.25, 0.3) is 0 Å². The van der Waals surface area contributed by atoms with Gasteiger partial charge in [-0.2, -0.15) is 0 Å². The van der Waals surface area contributed by atoms with Gasteiger partial charge in [0.2, 0.25) is 0 Å². The van der Waals surface area contributed by atoms with E-state index in [1.54, 1.807) is 0 Å². The van der Waals surface area contributed by atoms with Crippen LogP contribution in [0.5, 0.6) is 0 Å². The maximum atomic E-state index is 11.0. The van der Waals surface area contributed by atoms with Gasteiger partial charge in [0.1, 0.15) is 27.0 Å². The molecule has 0 amide bonds. The summed E-state index contributed by atoms with van der Waals surface area (Å²) in [4.78, 5) is 8.11. The van der Waals surface area contributed by atoms with E-state index in [2.05, 4.69) is 9.97 Å². The maximum absolute atomic E-state index is 11.0. The first-order valence-electron chi connectivity index (χ1n) is 5.22. The standard InChI is InChI=1S/C10H17N3O2S2/c1-7(2)8-9(11)12-6-13-10(8)16-4-5-17(3,14)15/h6-7H,4-5H2,1-3H3,(H2,11,12,13). The number of hydrogen-bond donors (Lipinski definition) is 1. The van der Waals surface area contributed by atoms with Crippen LogP contribution in [0.2, 0.25) is 0 Å². The fourth-order valence-corrected chi connectivity index (χ4v) is 3.69. The highest BCUT2D eigenvalue weighted by molar-refractivity contribution is 8.00. The number of hydrogen-bond acceptors (Lipinski definition) is 6. The molecule has 0 spiro atoms. The van der Waals surface area contributed by atoms with Gasteiger partial charge < -0.3 is 5.73 Å². The number of sulfone groups is 1. The second-order valence-electron chi connectivity index (χ2n) is 4.11. The minimum atomic E-state index is -2.93. The Balaban J connectivity index is 2.81. The molecule has 17 heavy (non-hydrogen) atoms. The fourth-order valence-electron chi connectivity index (χ4n) is 1.34. The van der Waals surface area contributed by atoms with Crippen LogP contribution in [0.3, 0.4) is 0 Å². The van der Waals surface area contributed by atoms with Crippen molar-refractivity contribution in [2.75, 3.05) is 23.5 Å². The summed E-state index contributed by atoms with van der Waals surface area (Å²) in [5, 5.41) is 0.774. The molecule has 0 aliphatic rings. The van der Waals surface area contributed by atoms with Gasteiger partial charge in [0, 0.05) is 17.6 Å². The van der Waals surface area contributed by atoms with Gasteiger partial charge in [-0.15, -0.1) is 11.8 Å². The highest BCUT2D eigenvalue weighted by atomic mass is 32.2. The van der Waals surface area contributed by atoms with Crippen molar-refractivity contribution in [1.82, 2.24) is 9.97 Å². The molecule has 96 valence electrons. The molecule has 0 saturated heterocycles. The smallest absolute Gasteiger partial charge is 0.148 e. The van der Waals surface area contributed by atoms with E-state index in [0.29, 0.717) is 11.6 Å². The Labute approximate surface area is 106 Å². The van der Waals surface area contributed by atoms with E-state index in [4.69, 9.17) is 5.73 Å². The molecule has 0 atom stereocenters. The zero-order valence-corrected chi connectivity index (χ0v) is 11.8. The van der Waals surface area contributed by atoms with E-state index >= 15 is 0 Å². The van der Waals surface area contributed by atoms with Gasteiger partial charge in [-0.1, -0.05) is 13.8 Å². The van der Waals surface area contributed by atoms with E-state index in [1.165, 1.54) is 24.3 Å². The van der Waals surface area contributed by atoms with Crippen molar-refractivity contribution >= 4 is 27.4 Å². The number of nitrogens with two attached hydrogens (primary N) is 1. The first kappa shape index (κ1) is 14.2. The third kappa shape index (κ3) is 4.51. The lowest BCUT2D eigenvalue weighted by Gasteiger charge is -2.12. The van der Waals surface area contributed by atoms with Gasteiger partial charge in [0.25, 0.3) is 0 Å². The zero-order valence-electron chi connectivity index (χ0n) is 10.2. The average molecular weight is 275 g/mol. The molecule has 0 aliphatic heterocycles. The SMILES string of the molecule is CC(C)c1c(N)ncnc1SCCS(C)(=O)=O. The second-order valence-corrected chi connectivity index (χ2v) is 7.45. The van der Waals surface area contributed by atoms with Crippen LogP contribution in [-0.4, -0.2) is 36.1 Å². The molecule has 7 heteroatoms. The minimum absolute atomic E-state index is 0.138. The number of rotatable bonds is 5. The first-order chi connectivity index (χ1) is 7.81. The van der Waals surface area contributed by atoms with E-state index in [1.807, 2.05) is 13.8 Å². The molecule has 0 saturated carbocycles. The van der Waals surface area contributed by atoms with Crippen LogP contribution in [0, 0.1) is 0 Å². The van der Waals surface area contributed by atoms with Gasteiger partial charge in [-0.05, 0) is 5.92 Å². The van der Waals surface area contributed by atoms with Gasteiger partial charge in [-0.3, -0.25) is 0 Å². The Morgan fingerprint density at radius 1 is 1.41 bits per heavy atom. The number of nitrogens with zero attached hydrogens (tertiary/aromatic N) is 2. The molecular formula is C10H17N3O2S2. The summed E-state index contributed by atoms with van der Waals surface area (Å²) in [6.45, 7) is 4.02. The monoisotopic (exact) mass is 275 g/mol. The van der Waals surface area contributed by atoms with E-state index in [-0.39, 0.29) is 11.7 Å². The molecule has 0 radical (unpaired) electrons. The van der Waals surface area contributed by atoms with Crippen molar-refractivity contribution in [3.63, 3.8) is 0 Å². The molecule has 1 rings (SSSR count). The van der Waals surface area contributed by atoms with Crippen molar-refractivity contribution in [3.8, 4) is 0 Å². The number of aromatic nitrogens is 2. The van der Waals surface area contributed by atoms with Gasteiger partial charge >= 0.3 is 0 Å². The highest BCUT2D eigenvalue weighted by Gasteiger charge is 2.13. The van der Waals surface area contributed by atoms with Gasteiger partial charge in [0.15, 0.2) is 0 Å². The van der Waals surface area contributed by atoms with Crippen molar-refractivity contribution in [1.29, 1.82) is 0 Å². The lowest BCUT2D eigenvalue weighted by Crippen LogP contribution is -2.07. The second kappa shape index (κ2) is 5.68. The average Bonchev–Trinajstić information content (AvgIpc) is 2.14. The summed E-state index contributed by atoms with van der Waals surface area (Å²) >= 11 is 1.41. The summed E-state index contributed by atoms with van der Waals surface area (Å²) in [6.07, 6.45) is 2.63. The van der Waals surface area contributed by atoms with Crippen molar-refractivity contribution < 1.29 is 8.42 Å². The van der Waals surface area contributed by atoms with Crippen molar-refractivity contribution in [3.05, 3.63) is 11.9 Å². The molecule has 5 nitrogen and oxygen atoms in total. The molecule has 0 fully saturated rings. The van der Waals surface area contributed by atoms with E-state index in [0.717, 1.165) is 10.6 Å². The predicted molar refractivity (Wildman–Crippen MR) is 71.0 cm³/mol. The van der Waals surface area contributed by atoms with Gasteiger partial charge in [0.05, 0.1) is 5.75 Å². The van der Waals surface area contributed by atoms with Crippen LogP contribution in [0.15, 0.2) is 11.4 Å². The van der Waals surface area contributed by atoms with Crippen molar-refractivity contribution in [2.45, 2.75) is 24.8 Å². The fraction of sp³-hybridized carbons (Fsp3) is 0.600. The maximum Gasteiger partial charge on any atom is 0.148 e. The molecule has 0 aromatic carbocycles. The van der Waals surface area contributed by atoms with Gasteiger partial charge in [-0.25, -0.2) is 18.4 Å². The summed E-state index contributed by atoms with van der Waals surface area (Å²) < 4.78 is 22.1. The Bertz CT molecular complexity index is 486. The summed E-state index contributed by atoms with van der Waals surface area (Å²) in [5.74, 6) is 1.31. The molecular weight excluding hydrogens is 258 g/mol. The molecule has 0 bridgehead atoms. The molecule has 0 aliphatic carbocycles. The Kier molecular flexibility index (Phi) is 4.76. The number of anilines is 1. The van der Waals surface area contributed by atoms with Crippen LogP contribution >= 0.6 is 11.8 Å². The molecule has 1 heterocycles. The molecule has 1 aromatic rings. The topological polar surface area (TPSA) is 85.9 Å². The summed E-state index contributed by atoms with van der Waals surface area (Å²) in [6, 6.07) is 0. The normalized spacial score (nSPS) is 12.0. The summed E-state index contributed by atoms with van der Waals surface area (Å²) in [5.41, 5.74) is 6.69. The van der Waals surface area contributed by atoms with Crippen LogP contribution < -0.4 is 5.73 Å². The largest absolute Gasteiger partial charge is 0.383 e. The third-order valence-electron chi connectivity index (χ3n) is 2.15. The van der Waals surface area contributed by atoms with Crippen LogP contribution in [-0.2, 0) is 9.84 Å². The van der Waals surface area contributed by atoms with E-state index in [9.17, 15) is 8.42 Å². The Hall–Kier alpha value is -0.820. The molecule has 2 N–H and O–H groups in total. The highest BCUT2D eigenvalue weighted by Crippen LogP contribution is 2.29. The third-order valence-corrected chi connectivity index (χ3v) is 4.36. The Morgan fingerprint density at radius 3 is 2.59 bits per heavy atom. The minimum Gasteiger partial charge on any atom is -0.383 e. The lowest BCUT2D eigenvalue weighted by molar-refractivity contribution is 0.603. The van der Waals surface area contributed by atoms with Crippen LogP contribution in [0.4, 0.5) is 5.82 Å². The zero-order chi connectivity index (χ0) is 13.1. The summed E-state index contributed by atoms with van der Waals surface area (Å²) in [7, 11) is -2.93. The van der Waals surface area contributed by atoms with E-state index < -0.39 is 9.84 Å². The number of nitrogen functional groups attached to an aromatic ring is 1. The lowest BCUT2D eigenvalue weighted by atomic mass is 10.1. The molecule has 1 aromatic heterocycles. The Morgan fingerprint density at radius 2 is 2.06 bits per heavy atom.